The number of thioether (sulfide) groups is 1. The van der Waals surface area contributed by atoms with Gasteiger partial charge in [-0.15, -0.1) is 11.8 Å². The summed E-state index contributed by atoms with van der Waals surface area (Å²) in [6.07, 6.45) is 0.264. The van der Waals surface area contributed by atoms with Crippen molar-refractivity contribution in [2.24, 2.45) is 0 Å². The predicted molar refractivity (Wildman–Crippen MR) is 97.2 cm³/mol. The molecule has 2 aliphatic rings. The van der Waals surface area contributed by atoms with E-state index in [9.17, 15) is 9.59 Å². The molecular weight excluding hydrogens is 322 g/mol. The lowest BCUT2D eigenvalue weighted by atomic mass is 10.0. The number of benzene rings is 1. The fourth-order valence-electron chi connectivity index (χ4n) is 3.14. The van der Waals surface area contributed by atoms with Gasteiger partial charge in [-0.1, -0.05) is 12.1 Å². The lowest BCUT2D eigenvalue weighted by molar-refractivity contribution is -0.134. The number of amides is 2. The van der Waals surface area contributed by atoms with Crippen LogP contribution in [0.2, 0.25) is 0 Å². The first-order chi connectivity index (χ1) is 11.3. The molecule has 6 heteroatoms. The Bertz CT molecular complexity index is 633. The van der Waals surface area contributed by atoms with Gasteiger partial charge in [0.15, 0.2) is 0 Å². The summed E-state index contributed by atoms with van der Waals surface area (Å²) in [5.74, 6) is 0.0102. The molecule has 0 radical (unpaired) electrons. The molecule has 1 saturated heterocycles. The number of nitrogens with zero attached hydrogens (tertiary/aromatic N) is 2. The normalized spacial score (nSPS) is 22.0. The van der Waals surface area contributed by atoms with Crippen LogP contribution in [0.3, 0.4) is 0 Å². The van der Waals surface area contributed by atoms with Crippen molar-refractivity contribution in [1.29, 1.82) is 0 Å². The van der Waals surface area contributed by atoms with Crippen molar-refractivity contribution in [2.45, 2.75) is 42.9 Å². The van der Waals surface area contributed by atoms with E-state index >= 15 is 0 Å². The number of hydrogen-bond acceptors (Lipinski definition) is 4. The summed E-state index contributed by atoms with van der Waals surface area (Å²) in [7, 11) is 0. The Kier molecular flexibility index (Phi) is 4.88. The number of carbonyl (C=O) groups is 2. The summed E-state index contributed by atoms with van der Waals surface area (Å²) in [4.78, 5) is 30.2. The molecule has 0 saturated carbocycles. The molecule has 0 spiro atoms. The van der Waals surface area contributed by atoms with Crippen LogP contribution in [-0.4, -0.2) is 58.6 Å². The molecule has 1 atom stereocenters. The average molecular weight is 347 g/mol. The number of fused-ring (bicyclic) bond motifs is 1. The zero-order valence-electron chi connectivity index (χ0n) is 14.5. The third kappa shape index (κ3) is 3.75. The van der Waals surface area contributed by atoms with Gasteiger partial charge in [0.05, 0.1) is 10.9 Å². The molecule has 1 N–H and O–H groups in total. The lowest BCUT2D eigenvalue weighted by Crippen LogP contribution is -2.55. The molecule has 1 aromatic carbocycles. The summed E-state index contributed by atoms with van der Waals surface area (Å²) in [5.41, 5.74) is 0.979. The smallest absolute Gasteiger partial charge is 0.238 e. The first-order valence-electron chi connectivity index (χ1n) is 8.44. The molecule has 0 aliphatic carbocycles. The van der Waals surface area contributed by atoms with Crippen molar-refractivity contribution in [3.8, 4) is 0 Å². The maximum atomic E-state index is 12.6. The van der Waals surface area contributed by atoms with Gasteiger partial charge in [0, 0.05) is 43.0 Å². The van der Waals surface area contributed by atoms with Gasteiger partial charge in [-0.2, -0.15) is 0 Å². The van der Waals surface area contributed by atoms with Crippen molar-refractivity contribution in [2.75, 3.05) is 31.5 Å². The third-order valence-corrected chi connectivity index (χ3v) is 5.92. The van der Waals surface area contributed by atoms with Crippen LogP contribution in [0.4, 0.5) is 5.69 Å². The van der Waals surface area contributed by atoms with E-state index in [-0.39, 0.29) is 29.0 Å². The van der Waals surface area contributed by atoms with Gasteiger partial charge in [-0.05, 0) is 32.9 Å². The highest BCUT2D eigenvalue weighted by Crippen LogP contribution is 2.36. The van der Waals surface area contributed by atoms with Gasteiger partial charge >= 0.3 is 0 Å². The maximum absolute atomic E-state index is 12.6. The van der Waals surface area contributed by atoms with E-state index in [4.69, 9.17) is 0 Å². The Hall–Kier alpha value is -1.53. The summed E-state index contributed by atoms with van der Waals surface area (Å²) in [6.45, 7) is 9.86. The van der Waals surface area contributed by atoms with Crippen LogP contribution in [0.1, 0.15) is 27.2 Å². The van der Waals surface area contributed by atoms with Crippen molar-refractivity contribution in [3.63, 3.8) is 0 Å². The number of hydrogen-bond donors (Lipinski definition) is 1. The molecule has 1 fully saturated rings. The molecule has 0 aromatic heterocycles. The molecule has 0 unspecified atom stereocenters. The van der Waals surface area contributed by atoms with Crippen LogP contribution in [0, 0.1) is 0 Å². The van der Waals surface area contributed by atoms with E-state index in [0.717, 1.165) is 36.8 Å². The highest BCUT2D eigenvalue weighted by molar-refractivity contribution is 8.01. The van der Waals surface area contributed by atoms with Gasteiger partial charge in [0.2, 0.25) is 11.8 Å². The van der Waals surface area contributed by atoms with E-state index < -0.39 is 0 Å². The summed E-state index contributed by atoms with van der Waals surface area (Å²) >= 11 is 1.49. The average Bonchev–Trinajstić information content (AvgIpc) is 2.55. The fourth-order valence-corrected chi connectivity index (χ4v) is 4.24. The van der Waals surface area contributed by atoms with Crippen molar-refractivity contribution in [1.82, 2.24) is 9.80 Å². The standard InChI is InChI=1S/C18H25N3O2S/c1-18(2,3)21-10-8-20(9-11-21)16(22)12-15-17(23)19-13-6-4-5-7-14(13)24-15/h4-7,15H,8-12H2,1-3H3,(H,19,23)/t15-/m1/s1. The quantitative estimate of drug-likeness (QED) is 0.893. The third-order valence-electron chi connectivity index (χ3n) is 4.65. The number of para-hydroxylation sites is 1. The van der Waals surface area contributed by atoms with Crippen molar-refractivity contribution >= 4 is 29.3 Å². The number of anilines is 1. The van der Waals surface area contributed by atoms with Gasteiger partial charge in [0.1, 0.15) is 0 Å². The van der Waals surface area contributed by atoms with E-state index in [1.807, 2.05) is 29.2 Å². The number of piperazine rings is 1. The number of carbonyl (C=O) groups excluding carboxylic acids is 2. The Balaban J connectivity index is 1.57. The zero-order valence-corrected chi connectivity index (χ0v) is 15.4. The highest BCUT2D eigenvalue weighted by Gasteiger charge is 2.32. The Morgan fingerprint density at radius 2 is 1.88 bits per heavy atom. The molecular formula is C18H25N3O2S. The van der Waals surface area contributed by atoms with E-state index in [1.54, 1.807) is 0 Å². The molecule has 24 heavy (non-hydrogen) atoms. The SMILES string of the molecule is CC(C)(C)N1CCN(C(=O)C[C@H]2Sc3ccccc3NC2=O)CC1. The number of rotatable bonds is 2. The first kappa shape index (κ1) is 17.3. The highest BCUT2D eigenvalue weighted by atomic mass is 32.2. The van der Waals surface area contributed by atoms with Gasteiger partial charge in [-0.3, -0.25) is 14.5 Å². The molecule has 2 heterocycles. The van der Waals surface area contributed by atoms with E-state index in [1.165, 1.54) is 11.8 Å². The maximum Gasteiger partial charge on any atom is 0.238 e. The van der Waals surface area contributed by atoms with Crippen LogP contribution in [0.5, 0.6) is 0 Å². The predicted octanol–water partition coefficient (Wildman–Crippen LogP) is 2.43. The van der Waals surface area contributed by atoms with Crippen molar-refractivity contribution in [3.05, 3.63) is 24.3 Å². The van der Waals surface area contributed by atoms with Gasteiger partial charge in [0.25, 0.3) is 0 Å². The molecule has 130 valence electrons. The van der Waals surface area contributed by atoms with Gasteiger partial charge in [-0.25, -0.2) is 0 Å². The van der Waals surface area contributed by atoms with Crippen LogP contribution in [0.15, 0.2) is 29.2 Å². The van der Waals surface area contributed by atoms with E-state index in [2.05, 4.69) is 31.0 Å². The minimum Gasteiger partial charge on any atom is -0.340 e. The molecule has 2 aliphatic heterocycles. The van der Waals surface area contributed by atoms with Crippen LogP contribution < -0.4 is 5.32 Å². The molecule has 1 aromatic rings. The minimum absolute atomic E-state index is 0.0691. The molecule has 2 amide bonds. The summed E-state index contributed by atoms with van der Waals surface area (Å²) in [5, 5.41) is 2.57. The monoisotopic (exact) mass is 347 g/mol. The second-order valence-corrected chi connectivity index (χ2v) is 8.58. The fraction of sp³-hybridized carbons (Fsp3) is 0.556. The topological polar surface area (TPSA) is 52.6 Å². The Morgan fingerprint density at radius 1 is 1.21 bits per heavy atom. The molecule has 5 nitrogen and oxygen atoms in total. The first-order valence-corrected chi connectivity index (χ1v) is 9.32. The number of nitrogens with one attached hydrogen (secondary N) is 1. The van der Waals surface area contributed by atoms with Crippen molar-refractivity contribution < 1.29 is 9.59 Å². The summed E-state index contributed by atoms with van der Waals surface area (Å²) in [6, 6.07) is 7.73. The second-order valence-electron chi connectivity index (χ2n) is 7.33. The lowest BCUT2D eigenvalue weighted by Gasteiger charge is -2.42. The van der Waals surface area contributed by atoms with E-state index in [0.29, 0.717) is 0 Å². The van der Waals surface area contributed by atoms with Crippen LogP contribution >= 0.6 is 11.8 Å². The Labute approximate surface area is 147 Å². The Morgan fingerprint density at radius 3 is 2.54 bits per heavy atom. The van der Waals surface area contributed by atoms with Crippen LogP contribution in [0.25, 0.3) is 0 Å². The largest absolute Gasteiger partial charge is 0.340 e. The molecule has 0 bridgehead atoms. The zero-order chi connectivity index (χ0) is 17.3. The molecule has 3 rings (SSSR count). The summed E-state index contributed by atoms with van der Waals surface area (Å²) < 4.78 is 0. The van der Waals surface area contributed by atoms with Crippen LogP contribution in [-0.2, 0) is 9.59 Å². The second kappa shape index (κ2) is 6.76. The van der Waals surface area contributed by atoms with Gasteiger partial charge < -0.3 is 10.2 Å². The minimum atomic E-state index is -0.340.